The molecule has 1 fully saturated rings. The number of carbonyl (C=O) groups is 1. The minimum Gasteiger partial charge on any atom is -0.508 e. The van der Waals surface area contributed by atoms with Crippen LogP contribution in [0.15, 0.2) is 70.0 Å². The number of hydrogen-bond acceptors (Lipinski definition) is 8. The number of thiazole rings is 1. The zero-order valence-electron chi connectivity index (χ0n) is 21.6. The molecule has 0 amide bonds. The van der Waals surface area contributed by atoms with Crippen LogP contribution in [0.2, 0.25) is 0 Å². The maximum atomic E-state index is 13.4. The summed E-state index contributed by atoms with van der Waals surface area (Å²) in [5.41, 5.74) is 4.85. The zero-order valence-corrected chi connectivity index (χ0v) is 22.4. The number of hydrogen-bond donors (Lipinski definition) is 1. The third-order valence-corrected chi connectivity index (χ3v) is 8.12. The van der Waals surface area contributed by atoms with Gasteiger partial charge in [0.1, 0.15) is 22.3 Å². The molecule has 1 saturated heterocycles. The smallest absolute Gasteiger partial charge is 0.346 e. The van der Waals surface area contributed by atoms with E-state index in [1.807, 2.05) is 35.7 Å². The van der Waals surface area contributed by atoms with E-state index < -0.39 is 5.97 Å². The molecular formula is C29H33N3O4S. The lowest BCUT2D eigenvalue weighted by molar-refractivity contribution is -0.132. The van der Waals surface area contributed by atoms with Gasteiger partial charge >= 0.3 is 5.97 Å². The van der Waals surface area contributed by atoms with Gasteiger partial charge in [0.05, 0.1) is 23.9 Å². The Hall–Kier alpha value is -3.20. The Morgan fingerprint density at radius 2 is 1.86 bits per heavy atom. The highest BCUT2D eigenvalue weighted by atomic mass is 32.1. The monoisotopic (exact) mass is 519 g/mol. The highest BCUT2D eigenvalue weighted by Crippen LogP contribution is 2.37. The highest BCUT2D eigenvalue weighted by molar-refractivity contribution is 7.11. The fraction of sp³-hybridized carbons (Fsp3) is 0.379. The number of ether oxygens (including phenoxy) is 2. The Kier molecular flexibility index (Phi) is 7.60. The SMILES string of the molecule is CCC1=C(O)C(CN2CCN(C)CC2)=C2OC(=O)C(c3nc(-c4ccc(OC)cc4)cs3)=CCC2=CC1. The molecule has 1 aliphatic carbocycles. The zero-order chi connectivity index (χ0) is 25.9. The van der Waals surface area contributed by atoms with Crippen LogP contribution in [0.25, 0.3) is 16.8 Å². The summed E-state index contributed by atoms with van der Waals surface area (Å²) in [5.74, 6) is 1.13. The normalized spacial score (nSPS) is 19.6. The van der Waals surface area contributed by atoms with Gasteiger partial charge in [0, 0.05) is 43.7 Å². The number of aromatic nitrogens is 1. The number of likely N-dealkylation sites (N-methyl/N-ethyl adjacent to an activating group) is 1. The largest absolute Gasteiger partial charge is 0.508 e. The van der Waals surface area contributed by atoms with Gasteiger partial charge in [-0.05, 0) is 61.7 Å². The van der Waals surface area contributed by atoms with E-state index in [2.05, 4.69) is 29.8 Å². The molecule has 0 bridgehead atoms. The first-order valence-electron chi connectivity index (χ1n) is 12.7. The molecule has 0 atom stereocenters. The van der Waals surface area contributed by atoms with E-state index in [0.29, 0.717) is 41.3 Å². The van der Waals surface area contributed by atoms with Crippen molar-refractivity contribution in [2.75, 3.05) is 46.9 Å². The fourth-order valence-corrected chi connectivity index (χ4v) is 5.71. The van der Waals surface area contributed by atoms with Crippen LogP contribution in [0.5, 0.6) is 5.75 Å². The summed E-state index contributed by atoms with van der Waals surface area (Å²) in [6.07, 6.45) is 5.95. The molecule has 0 unspecified atom stereocenters. The number of fused-ring (bicyclic) bond motifs is 1. The number of rotatable bonds is 6. The topological polar surface area (TPSA) is 75.1 Å². The fourth-order valence-electron chi connectivity index (χ4n) is 4.85. The van der Waals surface area contributed by atoms with Gasteiger partial charge in [-0.15, -0.1) is 11.3 Å². The van der Waals surface area contributed by atoms with Crippen LogP contribution in [-0.2, 0) is 9.53 Å². The van der Waals surface area contributed by atoms with Crippen LogP contribution >= 0.6 is 11.3 Å². The van der Waals surface area contributed by atoms with E-state index in [9.17, 15) is 9.90 Å². The van der Waals surface area contributed by atoms with Gasteiger partial charge in [0.25, 0.3) is 0 Å². The maximum absolute atomic E-state index is 13.4. The molecule has 8 heteroatoms. The van der Waals surface area contributed by atoms with E-state index in [1.54, 1.807) is 7.11 Å². The predicted molar refractivity (Wildman–Crippen MR) is 146 cm³/mol. The lowest BCUT2D eigenvalue weighted by Crippen LogP contribution is -2.45. The summed E-state index contributed by atoms with van der Waals surface area (Å²) in [4.78, 5) is 22.8. The molecule has 2 aliphatic heterocycles. The van der Waals surface area contributed by atoms with Crippen molar-refractivity contribution in [1.82, 2.24) is 14.8 Å². The van der Waals surface area contributed by atoms with Crippen molar-refractivity contribution < 1.29 is 19.4 Å². The van der Waals surface area contributed by atoms with E-state index >= 15 is 0 Å². The maximum Gasteiger partial charge on any atom is 0.346 e. The van der Waals surface area contributed by atoms with Crippen LogP contribution in [0.4, 0.5) is 0 Å². The summed E-state index contributed by atoms with van der Waals surface area (Å²) in [6, 6.07) is 7.70. The number of esters is 1. The van der Waals surface area contributed by atoms with Crippen LogP contribution in [0.3, 0.4) is 0 Å². The number of nitrogens with zero attached hydrogens (tertiary/aromatic N) is 3. The Balaban J connectivity index is 1.44. The molecule has 1 aromatic heterocycles. The number of aliphatic hydroxyl groups is 1. The molecule has 7 nitrogen and oxygen atoms in total. The number of carbonyl (C=O) groups excluding carboxylic acids is 1. The van der Waals surface area contributed by atoms with Gasteiger partial charge in [-0.1, -0.05) is 19.1 Å². The first kappa shape index (κ1) is 25.4. The van der Waals surface area contributed by atoms with Crippen LogP contribution in [0.1, 0.15) is 31.2 Å². The van der Waals surface area contributed by atoms with Crippen molar-refractivity contribution in [2.45, 2.75) is 26.2 Å². The minimum atomic E-state index is -0.433. The quantitative estimate of drug-likeness (QED) is 0.526. The summed E-state index contributed by atoms with van der Waals surface area (Å²) < 4.78 is 11.3. The molecule has 5 rings (SSSR count). The number of aliphatic hydroxyl groups excluding tert-OH is 1. The Bertz CT molecular complexity index is 1290. The second-order valence-corrected chi connectivity index (χ2v) is 10.5. The third kappa shape index (κ3) is 5.42. The molecule has 2 aromatic rings. The predicted octanol–water partition coefficient (Wildman–Crippen LogP) is 5.20. The number of methoxy groups -OCH3 is 1. The lowest BCUT2D eigenvalue weighted by atomic mass is 10.0. The summed E-state index contributed by atoms with van der Waals surface area (Å²) in [6.45, 7) is 6.37. The van der Waals surface area contributed by atoms with Crippen LogP contribution in [0, 0.1) is 0 Å². The number of allylic oxidation sites excluding steroid dienone is 4. The first-order chi connectivity index (χ1) is 18.0. The van der Waals surface area contributed by atoms with E-state index in [0.717, 1.165) is 60.8 Å². The van der Waals surface area contributed by atoms with Gasteiger partial charge in [-0.25, -0.2) is 9.78 Å². The molecule has 1 aromatic carbocycles. The van der Waals surface area contributed by atoms with Crippen molar-refractivity contribution in [2.24, 2.45) is 0 Å². The molecular weight excluding hydrogens is 486 g/mol. The highest BCUT2D eigenvalue weighted by Gasteiger charge is 2.30. The van der Waals surface area contributed by atoms with Gasteiger partial charge in [0.15, 0.2) is 0 Å². The Morgan fingerprint density at radius 1 is 1.11 bits per heavy atom. The Morgan fingerprint density at radius 3 is 2.57 bits per heavy atom. The van der Waals surface area contributed by atoms with Crippen LogP contribution in [-0.4, -0.2) is 72.7 Å². The number of benzene rings is 1. The van der Waals surface area contributed by atoms with E-state index in [1.165, 1.54) is 11.3 Å². The second-order valence-electron chi connectivity index (χ2n) is 9.60. The Labute approximate surface area is 222 Å². The molecule has 0 saturated carbocycles. The second kappa shape index (κ2) is 11.0. The van der Waals surface area contributed by atoms with Gasteiger partial charge in [-0.2, -0.15) is 0 Å². The van der Waals surface area contributed by atoms with Crippen molar-refractivity contribution in [3.63, 3.8) is 0 Å². The first-order valence-corrected chi connectivity index (χ1v) is 13.6. The average Bonchev–Trinajstić information content (AvgIpc) is 3.29. The van der Waals surface area contributed by atoms with Crippen molar-refractivity contribution in [3.05, 3.63) is 75.0 Å². The van der Waals surface area contributed by atoms with Gasteiger partial charge in [0.2, 0.25) is 0 Å². The van der Waals surface area contributed by atoms with Gasteiger partial charge < -0.3 is 19.5 Å². The van der Waals surface area contributed by atoms with Gasteiger partial charge in [-0.3, -0.25) is 4.90 Å². The average molecular weight is 520 g/mol. The lowest BCUT2D eigenvalue weighted by Gasteiger charge is -2.33. The van der Waals surface area contributed by atoms with E-state index in [-0.39, 0.29) is 5.76 Å². The molecule has 0 radical (unpaired) electrons. The summed E-state index contributed by atoms with van der Waals surface area (Å²) in [7, 11) is 3.76. The van der Waals surface area contributed by atoms with Crippen molar-refractivity contribution in [3.8, 4) is 17.0 Å². The summed E-state index contributed by atoms with van der Waals surface area (Å²) >= 11 is 1.43. The molecule has 1 N–H and O–H groups in total. The molecule has 3 aliphatic rings. The molecule has 37 heavy (non-hydrogen) atoms. The van der Waals surface area contributed by atoms with Crippen molar-refractivity contribution in [1.29, 1.82) is 0 Å². The van der Waals surface area contributed by atoms with Crippen LogP contribution < -0.4 is 4.74 Å². The molecule has 194 valence electrons. The van der Waals surface area contributed by atoms with E-state index in [4.69, 9.17) is 14.5 Å². The minimum absolute atomic E-state index is 0.273. The van der Waals surface area contributed by atoms with Crippen molar-refractivity contribution >= 4 is 22.9 Å². The molecule has 3 heterocycles. The molecule has 0 spiro atoms. The standard InChI is InChI=1S/C29H33N3O4S/c1-4-19-5-6-21-9-12-23(28-30-25(18-37-28)20-7-10-22(35-3)11-8-20)29(34)36-27(21)24(26(19)33)17-32-15-13-31(2)14-16-32/h6-8,10-12,18,33H,4-5,9,13-17H2,1-3H3. The summed E-state index contributed by atoms with van der Waals surface area (Å²) in [5, 5.41) is 13.9. The third-order valence-electron chi connectivity index (χ3n) is 7.25. The number of piperazine rings is 1.